The Bertz CT molecular complexity index is 334. The Balaban J connectivity index is 2.87. The number of anilines is 1. The van der Waals surface area contributed by atoms with Crippen molar-refractivity contribution in [2.75, 3.05) is 11.9 Å². The van der Waals surface area contributed by atoms with Crippen molar-refractivity contribution in [1.29, 1.82) is 0 Å². The maximum Gasteiger partial charge on any atom is 0.0921 e. The molecular weight excluding hydrogens is 192 g/mol. The summed E-state index contributed by atoms with van der Waals surface area (Å²) in [5.74, 6) is 0. The molecular formula is C11H16N2S. The molecule has 0 heterocycles. The molecule has 0 aliphatic rings. The van der Waals surface area contributed by atoms with Crippen LogP contribution in [0.2, 0.25) is 0 Å². The Labute approximate surface area is 90.5 Å². The van der Waals surface area contributed by atoms with Crippen molar-refractivity contribution in [3.05, 3.63) is 29.3 Å². The molecule has 14 heavy (non-hydrogen) atoms. The highest BCUT2D eigenvalue weighted by Crippen LogP contribution is 2.20. The van der Waals surface area contributed by atoms with Gasteiger partial charge in [-0.2, -0.15) is 0 Å². The molecule has 1 aromatic carbocycles. The Kier molecular flexibility index (Phi) is 3.89. The summed E-state index contributed by atoms with van der Waals surface area (Å²) in [6.07, 6.45) is 1.02. The van der Waals surface area contributed by atoms with Crippen molar-refractivity contribution in [1.82, 2.24) is 0 Å². The molecule has 0 amide bonds. The topological polar surface area (TPSA) is 38.0 Å². The highest BCUT2D eigenvalue weighted by molar-refractivity contribution is 7.80. The highest BCUT2D eigenvalue weighted by atomic mass is 32.1. The van der Waals surface area contributed by atoms with E-state index in [0.29, 0.717) is 11.5 Å². The van der Waals surface area contributed by atoms with Crippen molar-refractivity contribution in [3.63, 3.8) is 0 Å². The minimum atomic E-state index is 0.496. The Morgan fingerprint density at radius 1 is 1.50 bits per heavy atom. The van der Waals surface area contributed by atoms with E-state index >= 15 is 0 Å². The van der Waals surface area contributed by atoms with Gasteiger partial charge < -0.3 is 11.1 Å². The Hall–Kier alpha value is -1.09. The van der Waals surface area contributed by atoms with Gasteiger partial charge in [0, 0.05) is 5.69 Å². The van der Waals surface area contributed by atoms with Crippen molar-refractivity contribution in [3.8, 4) is 0 Å². The number of nitrogens with one attached hydrogen (secondary N) is 1. The summed E-state index contributed by atoms with van der Waals surface area (Å²) in [7, 11) is 0. The number of hydrogen-bond acceptors (Lipinski definition) is 2. The molecule has 0 aliphatic heterocycles. The van der Waals surface area contributed by atoms with Crippen LogP contribution in [-0.4, -0.2) is 11.5 Å². The lowest BCUT2D eigenvalue weighted by Crippen LogP contribution is -2.20. The third-order valence-electron chi connectivity index (χ3n) is 2.18. The maximum atomic E-state index is 5.45. The zero-order chi connectivity index (χ0) is 10.6. The molecule has 0 unspecified atom stereocenters. The molecule has 0 aliphatic carbocycles. The van der Waals surface area contributed by atoms with E-state index in [0.717, 1.165) is 6.42 Å². The predicted octanol–water partition coefficient (Wildman–Crippen LogP) is 2.26. The number of benzene rings is 1. The lowest BCUT2D eigenvalue weighted by atomic mass is 10.1. The van der Waals surface area contributed by atoms with Crippen molar-refractivity contribution < 1.29 is 0 Å². The molecule has 0 aromatic heterocycles. The van der Waals surface area contributed by atoms with Crippen molar-refractivity contribution in [2.45, 2.75) is 20.3 Å². The van der Waals surface area contributed by atoms with Gasteiger partial charge in [0.2, 0.25) is 0 Å². The first-order valence-electron chi connectivity index (χ1n) is 4.75. The molecule has 0 bridgehead atoms. The summed E-state index contributed by atoms with van der Waals surface area (Å²) < 4.78 is 0. The van der Waals surface area contributed by atoms with Crippen LogP contribution in [0.3, 0.4) is 0 Å². The van der Waals surface area contributed by atoms with E-state index in [1.165, 1.54) is 16.8 Å². The third-order valence-corrected chi connectivity index (χ3v) is 2.32. The van der Waals surface area contributed by atoms with Gasteiger partial charge in [0.05, 0.1) is 11.5 Å². The second kappa shape index (κ2) is 4.96. The van der Waals surface area contributed by atoms with Crippen LogP contribution in [0.4, 0.5) is 5.69 Å². The minimum Gasteiger partial charge on any atom is -0.392 e. The first-order valence-corrected chi connectivity index (χ1v) is 5.16. The standard InChI is InChI=1S/C11H16N2S/c1-3-9-6-4-5-8(2)11(9)13-7-10(12)14/h4-6,13H,3,7H2,1-2H3,(H2,12,14). The zero-order valence-corrected chi connectivity index (χ0v) is 9.45. The van der Waals surface area contributed by atoms with E-state index < -0.39 is 0 Å². The fraction of sp³-hybridized carbons (Fsp3) is 0.364. The van der Waals surface area contributed by atoms with Crippen LogP contribution in [0.15, 0.2) is 18.2 Å². The average molecular weight is 208 g/mol. The van der Waals surface area contributed by atoms with Crippen LogP contribution in [0, 0.1) is 6.92 Å². The summed E-state index contributed by atoms with van der Waals surface area (Å²) >= 11 is 4.83. The van der Waals surface area contributed by atoms with E-state index in [-0.39, 0.29) is 0 Å². The molecule has 3 heteroatoms. The van der Waals surface area contributed by atoms with Crippen LogP contribution in [0.25, 0.3) is 0 Å². The monoisotopic (exact) mass is 208 g/mol. The molecule has 3 N–H and O–H groups in total. The first kappa shape index (κ1) is 11.0. The van der Waals surface area contributed by atoms with Crippen LogP contribution in [0.5, 0.6) is 0 Å². The van der Waals surface area contributed by atoms with Crippen molar-refractivity contribution in [2.24, 2.45) is 5.73 Å². The molecule has 1 aromatic rings. The maximum absolute atomic E-state index is 5.45. The minimum absolute atomic E-state index is 0.496. The normalized spacial score (nSPS) is 9.86. The van der Waals surface area contributed by atoms with Gasteiger partial charge in [-0.05, 0) is 24.5 Å². The summed E-state index contributed by atoms with van der Waals surface area (Å²) in [6, 6.07) is 6.27. The molecule has 76 valence electrons. The molecule has 1 rings (SSSR count). The molecule has 0 atom stereocenters. The molecule has 0 saturated carbocycles. The Morgan fingerprint density at radius 2 is 2.21 bits per heavy atom. The summed E-state index contributed by atoms with van der Waals surface area (Å²) in [5.41, 5.74) is 9.16. The molecule has 0 fully saturated rings. The van der Waals surface area contributed by atoms with Crippen LogP contribution < -0.4 is 11.1 Å². The number of thiocarbonyl (C=S) groups is 1. The lowest BCUT2D eigenvalue weighted by molar-refractivity contribution is 1.12. The average Bonchev–Trinajstić information content (AvgIpc) is 2.15. The van der Waals surface area contributed by atoms with E-state index in [4.69, 9.17) is 18.0 Å². The van der Waals surface area contributed by atoms with E-state index in [1.54, 1.807) is 0 Å². The highest BCUT2D eigenvalue weighted by Gasteiger charge is 2.02. The summed E-state index contributed by atoms with van der Waals surface area (Å²) in [6.45, 7) is 4.79. The van der Waals surface area contributed by atoms with Gasteiger partial charge in [0.1, 0.15) is 0 Å². The second-order valence-corrected chi connectivity index (χ2v) is 3.81. The zero-order valence-electron chi connectivity index (χ0n) is 8.63. The van der Waals surface area contributed by atoms with Crippen LogP contribution in [-0.2, 0) is 6.42 Å². The number of hydrogen-bond donors (Lipinski definition) is 2. The van der Waals surface area contributed by atoms with Crippen molar-refractivity contribution >= 4 is 22.9 Å². The molecule has 2 nitrogen and oxygen atoms in total. The smallest absolute Gasteiger partial charge is 0.0921 e. The first-order chi connectivity index (χ1) is 6.65. The quantitative estimate of drug-likeness (QED) is 0.745. The van der Waals surface area contributed by atoms with E-state index in [9.17, 15) is 0 Å². The van der Waals surface area contributed by atoms with Crippen LogP contribution in [0.1, 0.15) is 18.1 Å². The van der Waals surface area contributed by atoms with E-state index in [2.05, 4.69) is 37.4 Å². The second-order valence-electron chi connectivity index (χ2n) is 3.28. The molecule has 0 radical (unpaired) electrons. The summed E-state index contributed by atoms with van der Waals surface area (Å²) in [4.78, 5) is 0.496. The van der Waals surface area contributed by atoms with Gasteiger partial charge in [0.25, 0.3) is 0 Å². The largest absolute Gasteiger partial charge is 0.392 e. The van der Waals surface area contributed by atoms with Gasteiger partial charge in [0.15, 0.2) is 0 Å². The van der Waals surface area contributed by atoms with Gasteiger partial charge in [-0.3, -0.25) is 0 Å². The van der Waals surface area contributed by atoms with Gasteiger partial charge in [-0.15, -0.1) is 0 Å². The fourth-order valence-corrected chi connectivity index (χ4v) is 1.52. The number of aryl methyl sites for hydroxylation is 2. The van der Waals surface area contributed by atoms with Crippen LogP contribution >= 0.6 is 12.2 Å². The summed E-state index contributed by atoms with van der Waals surface area (Å²) in [5, 5.41) is 3.27. The number of nitrogens with two attached hydrogens (primary N) is 1. The Morgan fingerprint density at radius 3 is 2.79 bits per heavy atom. The molecule has 0 spiro atoms. The predicted molar refractivity (Wildman–Crippen MR) is 65.8 cm³/mol. The molecule has 0 saturated heterocycles. The van der Waals surface area contributed by atoms with Gasteiger partial charge in [-0.1, -0.05) is 37.3 Å². The lowest BCUT2D eigenvalue weighted by Gasteiger charge is -2.13. The fourth-order valence-electron chi connectivity index (χ4n) is 1.45. The SMILES string of the molecule is CCc1cccc(C)c1NCC(N)=S. The van der Waals surface area contributed by atoms with E-state index in [1.807, 2.05) is 0 Å². The third kappa shape index (κ3) is 2.70. The number of rotatable bonds is 4. The number of para-hydroxylation sites is 1. The van der Waals surface area contributed by atoms with Gasteiger partial charge in [-0.25, -0.2) is 0 Å². The van der Waals surface area contributed by atoms with Gasteiger partial charge >= 0.3 is 0 Å².